The summed E-state index contributed by atoms with van der Waals surface area (Å²) in [5, 5.41) is 12.8. The van der Waals surface area contributed by atoms with E-state index in [9.17, 15) is 14.7 Å². The Morgan fingerprint density at radius 3 is 2.20 bits per heavy atom. The zero-order valence-electron chi connectivity index (χ0n) is 31.2. The van der Waals surface area contributed by atoms with Crippen molar-refractivity contribution in [1.29, 1.82) is 0 Å². The molecular formula is C43H43N5O7. The Bertz CT molecular complexity index is 2190. The van der Waals surface area contributed by atoms with Gasteiger partial charge >= 0.3 is 0 Å². The van der Waals surface area contributed by atoms with Crippen molar-refractivity contribution < 1.29 is 33.6 Å². The van der Waals surface area contributed by atoms with Crippen molar-refractivity contribution in [3.8, 4) is 28.7 Å². The number of nitrogens with one attached hydrogen (secondary N) is 1. The lowest BCUT2D eigenvalue weighted by Crippen LogP contribution is -2.32. The summed E-state index contributed by atoms with van der Waals surface area (Å²) in [5.74, 6) is 1.77. The predicted molar refractivity (Wildman–Crippen MR) is 214 cm³/mol. The number of hydrogen-bond acceptors (Lipinski definition) is 11. The summed E-state index contributed by atoms with van der Waals surface area (Å²) in [6, 6.07) is 21.8. The standard InChI is InChI=1S/C43H43N5O7/c1-44-32-10-6-27(7-11-32)29-16-33(47(2)24-29)22-45-37-20-41(39(52-3)18-31(37)26-49)54-14-5-15-55-42-21-38-36(19-40(42)53-4)43(51)48-25-30(17-34(48)23-46-38)28-8-12-35(50)13-9-28/h6-13,18-26,33-34,44,50H,5,14-17H2,1-4H3/b45-22-. The number of phenolic OH excluding ortho intramolecular Hbond substituents is 1. The molecule has 0 spiro atoms. The number of hydrogen-bond donors (Lipinski definition) is 2. The fourth-order valence-corrected chi connectivity index (χ4v) is 6.84. The van der Waals surface area contributed by atoms with Crippen LogP contribution < -0.4 is 24.3 Å². The molecule has 55 heavy (non-hydrogen) atoms. The third-order valence-corrected chi connectivity index (χ3v) is 9.94. The van der Waals surface area contributed by atoms with Crippen molar-refractivity contribution in [3.05, 3.63) is 107 Å². The summed E-state index contributed by atoms with van der Waals surface area (Å²) >= 11 is 0. The maximum atomic E-state index is 13.7. The van der Waals surface area contributed by atoms with Gasteiger partial charge in [0.05, 0.1) is 56.5 Å². The minimum absolute atomic E-state index is 0.0225. The van der Waals surface area contributed by atoms with Gasteiger partial charge in [-0.1, -0.05) is 24.3 Å². The van der Waals surface area contributed by atoms with E-state index in [-0.39, 0.29) is 23.7 Å². The number of carbonyl (C=O) groups is 2. The number of fused-ring (bicyclic) bond motifs is 2. The minimum atomic E-state index is -0.235. The summed E-state index contributed by atoms with van der Waals surface area (Å²) in [6.45, 7) is 0.586. The highest BCUT2D eigenvalue weighted by molar-refractivity contribution is 6.05. The molecule has 0 aliphatic carbocycles. The molecule has 4 aromatic rings. The van der Waals surface area contributed by atoms with Crippen LogP contribution in [0.1, 0.15) is 51.1 Å². The number of anilines is 1. The van der Waals surface area contributed by atoms with Gasteiger partial charge in [-0.05, 0) is 65.1 Å². The molecule has 2 N–H and O–H groups in total. The van der Waals surface area contributed by atoms with Crippen LogP contribution >= 0.6 is 0 Å². The molecule has 0 saturated carbocycles. The van der Waals surface area contributed by atoms with E-state index in [0.717, 1.165) is 35.1 Å². The number of carbonyl (C=O) groups excluding carboxylic acids is 2. The number of aldehydes is 1. The zero-order valence-corrected chi connectivity index (χ0v) is 31.2. The average Bonchev–Trinajstić information content (AvgIpc) is 3.79. The van der Waals surface area contributed by atoms with Crippen molar-refractivity contribution in [2.24, 2.45) is 9.98 Å². The van der Waals surface area contributed by atoms with Gasteiger partial charge in [-0.25, -0.2) is 0 Å². The van der Waals surface area contributed by atoms with E-state index in [1.807, 2.05) is 38.6 Å². The number of benzene rings is 4. The number of aromatic hydroxyl groups is 1. The SMILES string of the molecule is CNc1ccc(C2=CN(C)C(/C=N\c3cc(OCCCOc4cc5c(cc4OC)C(=O)N4C=C(c6ccc(O)cc6)CC4C=N5)c(OC)cc3C=O)C2)cc1. The molecular weight excluding hydrogens is 699 g/mol. The molecule has 0 bridgehead atoms. The predicted octanol–water partition coefficient (Wildman–Crippen LogP) is 7.53. The molecule has 0 fully saturated rings. The summed E-state index contributed by atoms with van der Waals surface area (Å²) in [5.41, 5.74) is 7.14. The van der Waals surface area contributed by atoms with Crippen LogP contribution in [0.25, 0.3) is 11.1 Å². The molecule has 0 aromatic heterocycles. The van der Waals surface area contributed by atoms with Gasteiger partial charge in [0, 0.05) is 75.1 Å². The topological polar surface area (TPSA) is 135 Å². The third kappa shape index (κ3) is 7.89. The number of ether oxygens (including phenoxy) is 4. The van der Waals surface area contributed by atoms with Gasteiger partial charge < -0.3 is 39.2 Å². The maximum absolute atomic E-state index is 13.7. The summed E-state index contributed by atoms with van der Waals surface area (Å²) in [7, 11) is 6.97. The first-order valence-electron chi connectivity index (χ1n) is 18.0. The first-order chi connectivity index (χ1) is 26.8. The molecule has 3 heterocycles. The van der Waals surface area contributed by atoms with E-state index in [1.54, 1.807) is 47.5 Å². The fraction of sp³-hybridized carbons (Fsp3) is 0.256. The molecule has 3 aliphatic rings. The van der Waals surface area contributed by atoms with E-state index < -0.39 is 0 Å². The Morgan fingerprint density at radius 2 is 1.53 bits per heavy atom. The number of aliphatic imine (C=N–C) groups is 2. The van der Waals surface area contributed by atoms with Crippen LogP contribution in [0.4, 0.5) is 17.1 Å². The highest BCUT2D eigenvalue weighted by atomic mass is 16.5. The smallest absolute Gasteiger partial charge is 0.260 e. The first-order valence-corrected chi connectivity index (χ1v) is 18.0. The molecule has 2 atom stereocenters. The van der Waals surface area contributed by atoms with Crippen molar-refractivity contribution in [2.75, 3.05) is 46.8 Å². The van der Waals surface area contributed by atoms with Crippen molar-refractivity contribution in [3.63, 3.8) is 0 Å². The Kier molecular flexibility index (Phi) is 10.8. The van der Waals surface area contributed by atoms with Crippen molar-refractivity contribution in [2.45, 2.75) is 31.3 Å². The summed E-state index contributed by atoms with van der Waals surface area (Å²) in [6.07, 6.45) is 10.3. The van der Waals surface area contributed by atoms with E-state index in [2.05, 4.69) is 45.7 Å². The van der Waals surface area contributed by atoms with Crippen molar-refractivity contribution >= 4 is 52.8 Å². The molecule has 12 nitrogen and oxygen atoms in total. The molecule has 12 heteroatoms. The monoisotopic (exact) mass is 741 g/mol. The minimum Gasteiger partial charge on any atom is -0.508 e. The van der Waals surface area contributed by atoms with Crippen molar-refractivity contribution in [1.82, 2.24) is 9.80 Å². The van der Waals surface area contributed by atoms with Gasteiger partial charge in [0.2, 0.25) is 0 Å². The highest BCUT2D eigenvalue weighted by Crippen LogP contribution is 2.40. The summed E-state index contributed by atoms with van der Waals surface area (Å²) in [4.78, 5) is 38.9. The van der Waals surface area contributed by atoms with Gasteiger partial charge in [-0.15, -0.1) is 0 Å². The van der Waals surface area contributed by atoms with Gasteiger partial charge in [0.15, 0.2) is 29.3 Å². The summed E-state index contributed by atoms with van der Waals surface area (Å²) < 4.78 is 23.4. The molecule has 0 radical (unpaired) electrons. The van der Waals surface area contributed by atoms with E-state index in [4.69, 9.17) is 23.9 Å². The van der Waals surface area contributed by atoms with Crippen LogP contribution in [0.5, 0.6) is 28.7 Å². The first kappa shape index (κ1) is 36.8. The Morgan fingerprint density at radius 1 is 0.873 bits per heavy atom. The molecule has 7 rings (SSSR count). The van der Waals surface area contributed by atoms with E-state index in [1.165, 1.54) is 19.8 Å². The average molecular weight is 742 g/mol. The molecule has 282 valence electrons. The second kappa shape index (κ2) is 16.2. The van der Waals surface area contributed by atoms with Crippen LogP contribution in [0.15, 0.2) is 95.2 Å². The van der Waals surface area contributed by atoms with Crippen LogP contribution in [0.2, 0.25) is 0 Å². The van der Waals surface area contributed by atoms with Gasteiger partial charge in [0.1, 0.15) is 5.75 Å². The maximum Gasteiger partial charge on any atom is 0.260 e. The van der Waals surface area contributed by atoms with E-state index >= 15 is 0 Å². The fourth-order valence-electron chi connectivity index (χ4n) is 6.84. The molecule has 0 saturated heterocycles. The van der Waals surface area contributed by atoms with Crippen LogP contribution in [0, 0.1) is 0 Å². The van der Waals surface area contributed by atoms with E-state index in [0.29, 0.717) is 71.6 Å². The second-order valence-corrected chi connectivity index (χ2v) is 13.4. The largest absolute Gasteiger partial charge is 0.508 e. The lowest BCUT2D eigenvalue weighted by atomic mass is 10.0. The van der Waals surface area contributed by atoms with Gasteiger partial charge in [-0.2, -0.15) is 0 Å². The number of phenols is 1. The second-order valence-electron chi connectivity index (χ2n) is 13.4. The Hall–Kier alpha value is -6.56. The van der Waals surface area contributed by atoms with Crippen LogP contribution in [-0.2, 0) is 0 Å². The number of rotatable bonds is 14. The number of nitrogens with zero attached hydrogens (tertiary/aromatic N) is 4. The Balaban J connectivity index is 0.976. The number of amides is 1. The normalized spacial score (nSPS) is 17.3. The lowest BCUT2D eigenvalue weighted by Gasteiger charge is -2.19. The quantitative estimate of drug-likeness (QED) is 0.0764. The zero-order chi connectivity index (χ0) is 38.5. The Labute approximate surface area is 320 Å². The molecule has 1 amide bonds. The molecule has 2 unspecified atom stereocenters. The van der Waals surface area contributed by atoms with Gasteiger partial charge in [-0.3, -0.25) is 19.6 Å². The highest BCUT2D eigenvalue weighted by Gasteiger charge is 2.33. The third-order valence-electron chi connectivity index (χ3n) is 9.94. The molecule has 3 aliphatic heterocycles. The lowest BCUT2D eigenvalue weighted by molar-refractivity contribution is 0.0817. The number of methoxy groups -OCH3 is 2. The van der Waals surface area contributed by atoms with Crippen LogP contribution in [-0.4, -0.2) is 93.1 Å². The van der Waals surface area contributed by atoms with Crippen LogP contribution in [0.3, 0.4) is 0 Å². The van der Waals surface area contributed by atoms with Gasteiger partial charge in [0.25, 0.3) is 5.91 Å². The molecule has 4 aromatic carbocycles.